The summed E-state index contributed by atoms with van der Waals surface area (Å²) in [5.41, 5.74) is 1.58. The second-order valence-corrected chi connectivity index (χ2v) is 5.37. The Morgan fingerprint density at radius 1 is 1.50 bits per heavy atom. The van der Waals surface area contributed by atoms with E-state index >= 15 is 0 Å². The number of aromatic nitrogens is 1. The van der Waals surface area contributed by atoms with E-state index in [9.17, 15) is 4.39 Å². The molecular weight excluding hydrogens is 279 g/mol. The molecule has 0 amide bonds. The maximum absolute atomic E-state index is 13.2. The Balaban J connectivity index is 1.89. The number of hydrogen-bond acceptors (Lipinski definition) is 5. The van der Waals surface area contributed by atoms with E-state index in [0.717, 1.165) is 29.4 Å². The van der Waals surface area contributed by atoms with Crippen LogP contribution in [0.25, 0.3) is 11.3 Å². The van der Waals surface area contributed by atoms with E-state index in [0.29, 0.717) is 12.4 Å². The standard InChI is InChI=1S/C14H15FN2O2S/c1-18-12-6-9(15)2-3-10(12)11-8-20-14(17-11)13-7-16-4-5-19-13/h2-3,6,8,13,16H,4-5,7H2,1H3/t13-/m1/s1. The van der Waals surface area contributed by atoms with Crippen LogP contribution in [0.4, 0.5) is 4.39 Å². The van der Waals surface area contributed by atoms with E-state index in [1.54, 1.807) is 17.4 Å². The van der Waals surface area contributed by atoms with Crippen molar-refractivity contribution >= 4 is 11.3 Å². The van der Waals surface area contributed by atoms with E-state index in [4.69, 9.17) is 9.47 Å². The number of rotatable bonds is 3. The molecule has 2 heterocycles. The van der Waals surface area contributed by atoms with Gasteiger partial charge in [0.1, 0.15) is 22.7 Å². The van der Waals surface area contributed by atoms with Gasteiger partial charge in [0, 0.05) is 30.1 Å². The zero-order valence-corrected chi connectivity index (χ0v) is 11.9. The predicted octanol–water partition coefficient (Wildman–Crippen LogP) is 2.62. The first-order valence-electron chi connectivity index (χ1n) is 6.39. The van der Waals surface area contributed by atoms with E-state index < -0.39 is 0 Å². The third-order valence-electron chi connectivity index (χ3n) is 3.16. The molecule has 0 spiro atoms. The number of methoxy groups -OCH3 is 1. The maximum Gasteiger partial charge on any atom is 0.131 e. The lowest BCUT2D eigenvalue weighted by Crippen LogP contribution is -2.33. The van der Waals surface area contributed by atoms with Gasteiger partial charge < -0.3 is 14.8 Å². The van der Waals surface area contributed by atoms with Crippen molar-refractivity contribution in [3.63, 3.8) is 0 Å². The summed E-state index contributed by atoms with van der Waals surface area (Å²) >= 11 is 1.55. The summed E-state index contributed by atoms with van der Waals surface area (Å²) in [6.45, 7) is 2.34. The zero-order valence-electron chi connectivity index (χ0n) is 11.1. The predicted molar refractivity (Wildman–Crippen MR) is 75.6 cm³/mol. The Hall–Kier alpha value is -1.50. The van der Waals surface area contributed by atoms with Crippen molar-refractivity contribution in [3.05, 3.63) is 34.4 Å². The number of nitrogens with zero attached hydrogens (tertiary/aromatic N) is 1. The summed E-state index contributed by atoms with van der Waals surface area (Å²) in [6, 6.07) is 4.47. The fourth-order valence-corrected chi connectivity index (χ4v) is 3.03. The Kier molecular flexibility index (Phi) is 3.95. The number of morpholine rings is 1. The van der Waals surface area contributed by atoms with Gasteiger partial charge in [0.25, 0.3) is 0 Å². The van der Waals surface area contributed by atoms with Gasteiger partial charge in [-0.1, -0.05) is 0 Å². The van der Waals surface area contributed by atoms with Crippen molar-refractivity contribution < 1.29 is 13.9 Å². The van der Waals surface area contributed by atoms with Crippen molar-refractivity contribution in [2.24, 2.45) is 0 Å². The quantitative estimate of drug-likeness (QED) is 0.945. The van der Waals surface area contributed by atoms with Crippen molar-refractivity contribution in [1.82, 2.24) is 10.3 Å². The average Bonchev–Trinajstić information content (AvgIpc) is 2.97. The van der Waals surface area contributed by atoms with Gasteiger partial charge in [-0.25, -0.2) is 9.37 Å². The highest BCUT2D eigenvalue weighted by Crippen LogP contribution is 2.33. The molecule has 3 rings (SSSR count). The van der Waals surface area contributed by atoms with Crippen LogP contribution in [-0.2, 0) is 4.74 Å². The third kappa shape index (κ3) is 2.67. The SMILES string of the molecule is COc1cc(F)ccc1-c1csc([C@H]2CNCCO2)n1. The van der Waals surface area contributed by atoms with Crippen molar-refractivity contribution in [2.45, 2.75) is 6.10 Å². The van der Waals surface area contributed by atoms with Crippen LogP contribution in [0.2, 0.25) is 0 Å². The molecule has 0 unspecified atom stereocenters. The molecule has 4 nitrogen and oxygen atoms in total. The van der Waals surface area contributed by atoms with Gasteiger partial charge >= 0.3 is 0 Å². The van der Waals surface area contributed by atoms with Gasteiger partial charge in [0.2, 0.25) is 0 Å². The highest BCUT2D eigenvalue weighted by atomic mass is 32.1. The summed E-state index contributed by atoms with van der Waals surface area (Å²) < 4.78 is 24.1. The minimum atomic E-state index is -0.319. The molecule has 1 N–H and O–H groups in total. The first-order valence-corrected chi connectivity index (χ1v) is 7.27. The molecule has 20 heavy (non-hydrogen) atoms. The van der Waals surface area contributed by atoms with E-state index in [-0.39, 0.29) is 11.9 Å². The largest absolute Gasteiger partial charge is 0.496 e. The number of nitrogens with one attached hydrogen (secondary N) is 1. The van der Waals surface area contributed by atoms with Crippen LogP contribution in [0.3, 0.4) is 0 Å². The molecule has 1 aliphatic rings. The minimum Gasteiger partial charge on any atom is -0.496 e. The molecule has 0 saturated carbocycles. The molecule has 106 valence electrons. The zero-order chi connectivity index (χ0) is 13.9. The fourth-order valence-electron chi connectivity index (χ4n) is 2.16. The van der Waals surface area contributed by atoms with Gasteiger partial charge in [-0.15, -0.1) is 11.3 Å². The van der Waals surface area contributed by atoms with E-state index in [2.05, 4.69) is 10.3 Å². The summed E-state index contributed by atoms with van der Waals surface area (Å²) in [7, 11) is 1.53. The first kappa shape index (κ1) is 13.5. The second kappa shape index (κ2) is 5.87. The number of thiazole rings is 1. The smallest absolute Gasteiger partial charge is 0.131 e. The average molecular weight is 294 g/mol. The first-order chi connectivity index (χ1) is 9.78. The summed E-state index contributed by atoms with van der Waals surface area (Å²) in [4.78, 5) is 4.59. The monoisotopic (exact) mass is 294 g/mol. The molecule has 6 heteroatoms. The number of hydrogen-bond donors (Lipinski definition) is 1. The van der Waals surface area contributed by atoms with Crippen LogP contribution in [0.5, 0.6) is 5.75 Å². The molecule has 1 atom stereocenters. The van der Waals surface area contributed by atoms with Gasteiger partial charge in [-0.3, -0.25) is 0 Å². The van der Waals surface area contributed by atoms with Gasteiger partial charge in [-0.05, 0) is 12.1 Å². The van der Waals surface area contributed by atoms with Crippen LogP contribution in [0.15, 0.2) is 23.6 Å². The van der Waals surface area contributed by atoms with Crippen LogP contribution in [0, 0.1) is 5.82 Å². The Morgan fingerprint density at radius 3 is 3.15 bits per heavy atom. The van der Waals surface area contributed by atoms with Crippen molar-refractivity contribution in [2.75, 3.05) is 26.8 Å². The molecule has 1 fully saturated rings. The van der Waals surface area contributed by atoms with Crippen LogP contribution >= 0.6 is 11.3 Å². The van der Waals surface area contributed by atoms with Gasteiger partial charge in [-0.2, -0.15) is 0 Å². The number of benzene rings is 1. The van der Waals surface area contributed by atoms with E-state index in [1.165, 1.54) is 19.2 Å². The minimum absolute atomic E-state index is 0.00561. The maximum atomic E-state index is 13.2. The highest BCUT2D eigenvalue weighted by molar-refractivity contribution is 7.10. The molecule has 1 saturated heterocycles. The van der Waals surface area contributed by atoms with E-state index in [1.807, 2.05) is 5.38 Å². The van der Waals surface area contributed by atoms with Crippen LogP contribution < -0.4 is 10.1 Å². The number of ether oxygens (including phenoxy) is 2. The van der Waals surface area contributed by atoms with Gasteiger partial charge in [0.15, 0.2) is 0 Å². The Morgan fingerprint density at radius 2 is 2.40 bits per heavy atom. The third-order valence-corrected chi connectivity index (χ3v) is 4.10. The molecule has 1 aromatic heterocycles. The Labute approximate surface area is 120 Å². The summed E-state index contributed by atoms with van der Waals surface area (Å²) in [6.07, 6.45) is -0.00561. The lowest BCUT2D eigenvalue weighted by atomic mass is 10.1. The molecular formula is C14H15FN2O2S. The molecule has 1 aliphatic heterocycles. The van der Waals surface area contributed by atoms with Gasteiger partial charge in [0.05, 0.1) is 19.4 Å². The summed E-state index contributed by atoms with van der Waals surface area (Å²) in [5, 5.41) is 6.16. The van der Waals surface area contributed by atoms with Crippen LogP contribution in [0.1, 0.15) is 11.1 Å². The Bertz CT molecular complexity index is 597. The molecule has 2 aromatic rings. The fraction of sp³-hybridized carbons (Fsp3) is 0.357. The van der Waals surface area contributed by atoms with Crippen LogP contribution in [-0.4, -0.2) is 31.8 Å². The lowest BCUT2D eigenvalue weighted by Gasteiger charge is -2.21. The van der Waals surface area contributed by atoms with Crippen molar-refractivity contribution in [1.29, 1.82) is 0 Å². The number of halogens is 1. The molecule has 1 aromatic carbocycles. The molecule has 0 bridgehead atoms. The lowest BCUT2D eigenvalue weighted by molar-refractivity contribution is 0.0276. The highest BCUT2D eigenvalue weighted by Gasteiger charge is 2.20. The van der Waals surface area contributed by atoms with Crippen molar-refractivity contribution in [3.8, 4) is 17.0 Å². The summed E-state index contributed by atoms with van der Waals surface area (Å²) in [5.74, 6) is 0.172. The topological polar surface area (TPSA) is 43.4 Å². The molecule has 0 radical (unpaired) electrons. The normalized spacial score (nSPS) is 19.0. The second-order valence-electron chi connectivity index (χ2n) is 4.48. The molecule has 0 aliphatic carbocycles.